The zero-order chi connectivity index (χ0) is 8.97. The third kappa shape index (κ3) is 2.18. The number of nitrogen functional groups attached to an aromatic ring is 1. The van der Waals surface area contributed by atoms with Gasteiger partial charge in [0.15, 0.2) is 0 Å². The third-order valence-corrected chi connectivity index (χ3v) is 2.75. The molecule has 0 radical (unpaired) electrons. The fourth-order valence-electron chi connectivity index (χ4n) is 1.15. The molecule has 0 saturated heterocycles. The van der Waals surface area contributed by atoms with Crippen molar-refractivity contribution in [2.75, 3.05) is 11.5 Å². The van der Waals surface area contributed by atoms with Crippen molar-refractivity contribution < 1.29 is 0 Å². The van der Waals surface area contributed by atoms with Gasteiger partial charge < -0.3 is 5.73 Å². The zero-order valence-electron chi connectivity index (χ0n) is 7.63. The number of nitrogens with two attached hydrogens (primary N) is 1. The van der Waals surface area contributed by atoms with Crippen LogP contribution in [0.3, 0.4) is 0 Å². The SMILES string of the molecule is CCSc1cc(N)ccc1CC. The molecule has 12 heavy (non-hydrogen) atoms. The highest BCUT2D eigenvalue weighted by Crippen LogP contribution is 2.25. The lowest BCUT2D eigenvalue weighted by atomic mass is 10.1. The van der Waals surface area contributed by atoms with E-state index in [9.17, 15) is 0 Å². The molecule has 0 aliphatic rings. The number of aryl methyl sites for hydroxylation is 1. The number of hydrogen-bond acceptors (Lipinski definition) is 2. The van der Waals surface area contributed by atoms with Crippen LogP contribution >= 0.6 is 11.8 Å². The molecule has 1 rings (SSSR count). The standard InChI is InChI=1S/C10H15NS/c1-3-8-5-6-9(11)7-10(8)12-4-2/h5-7H,3-4,11H2,1-2H3. The monoisotopic (exact) mass is 181 g/mol. The van der Waals surface area contributed by atoms with E-state index < -0.39 is 0 Å². The molecule has 2 heteroatoms. The first-order chi connectivity index (χ1) is 5.77. The first kappa shape index (κ1) is 9.46. The molecule has 1 aromatic carbocycles. The van der Waals surface area contributed by atoms with E-state index in [1.165, 1.54) is 10.5 Å². The molecule has 0 unspecified atom stereocenters. The molecular weight excluding hydrogens is 166 g/mol. The van der Waals surface area contributed by atoms with Crippen LogP contribution in [-0.4, -0.2) is 5.75 Å². The summed E-state index contributed by atoms with van der Waals surface area (Å²) >= 11 is 1.86. The molecule has 0 fully saturated rings. The van der Waals surface area contributed by atoms with Crippen molar-refractivity contribution in [1.29, 1.82) is 0 Å². The number of anilines is 1. The maximum absolute atomic E-state index is 5.70. The van der Waals surface area contributed by atoms with E-state index in [0.29, 0.717) is 0 Å². The van der Waals surface area contributed by atoms with Crippen LogP contribution in [0.15, 0.2) is 23.1 Å². The second-order valence-electron chi connectivity index (χ2n) is 2.65. The lowest BCUT2D eigenvalue weighted by Crippen LogP contribution is -1.90. The third-order valence-electron chi connectivity index (χ3n) is 1.77. The molecule has 0 bridgehead atoms. The first-order valence-electron chi connectivity index (χ1n) is 4.29. The molecule has 0 atom stereocenters. The summed E-state index contributed by atoms with van der Waals surface area (Å²) in [7, 11) is 0. The summed E-state index contributed by atoms with van der Waals surface area (Å²) in [5, 5.41) is 0. The van der Waals surface area contributed by atoms with E-state index in [4.69, 9.17) is 5.73 Å². The summed E-state index contributed by atoms with van der Waals surface area (Å²) < 4.78 is 0. The highest BCUT2D eigenvalue weighted by molar-refractivity contribution is 7.99. The molecular formula is C10H15NS. The van der Waals surface area contributed by atoms with Gasteiger partial charge in [0.1, 0.15) is 0 Å². The molecule has 0 saturated carbocycles. The summed E-state index contributed by atoms with van der Waals surface area (Å²) in [6, 6.07) is 6.15. The van der Waals surface area contributed by atoms with Gasteiger partial charge in [0.25, 0.3) is 0 Å². The molecule has 1 nitrogen and oxygen atoms in total. The molecule has 1 aromatic rings. The van der Waals surface area contributed by atoms with Gasteiger partial charge in [0.05, 0.1) is 0 Å². The summed E-state index contributed by atoms with van der Waals surface area (Å²) in [5.74, 6) is 1.11. The molecule has 2 N–H and O–H groups in total. The predicted molar refractivity (Wildman–Crippen MR) is 56.6 cm³/mol. The number of benzene rings is 1. The summed E-state index contributed by atoms with van der Waals surface area (Å²) in [4.78, 5) is 1.33. The van der Waals surface area contributed by atoms with Crippen molar-refractivity contribution in [1.82, 2.24) is 0 Å². The second kappa shape index (κ2) is 4.41. The van der Waals surface area contributed by atoms with Crippen molar-refractivity contribution in [3.8, 4) is 0 Å². The van der Waals surface area contributed by atoms with E-state index in [-0.39, 0.29) is 0 Å². The molecule has 0 aliphatic carbocycles. The van der Waals surface area contributed by atoms with E-state index >= 15 is 0 Å². The summed E-state index contributed by atoms with van der Waals surface area (Å²) in [6.07, 6.45) is 1.09. The van der Waals surface area contributed by atoms with Crippen molar-refractivity contribution in [3.05, 3.63) is 23.8 Å². The lowest BCUT2D eigenvalue weighted by Gasteiger charge is -2.06. The Kier molecular flexibility index (Phi) is 3.48. The summed E-state index contributed by atoms with van der Waals surface area (Å²) in [6.45, 7) is 4.33. The van der Waals surface area contributed by atoms with Gasteiger partial charge >= 0.3 is 0 Å². The van der Waals surface area contributed by atoms with E-state index in [2.05, 4.69) is 26.0 Å². The Bertz CT molecular complexity index is 258. The minimum atomic E-state index is 0.864. The highest BCUT2D eigenvalue weighted by Gasteiger charge is 1.99. The number of hydrogen-bond donors (Lipinski definition) is 1. The predicted octanol–water partition coefficient (Wildman–Crippen LogP) is 2.94. The van der Waals surface area contributed by atoms with Crippen LogP contribution in [0.2, 0.25) is 0 Å². The van der Waals surface area contributed by atoms with E-state index in [0.717, 1.165) is 17.9 Å². The topological polar surface area (TPSA) is 26.0 Å². The molecule has 0 spiro atoms. The lowest BCUT2D eigenvalue weighted by molar-refractivity contribution is 1.08. The van der Waals surface area contributed by atoms with Crippen LogP contribution in [0.4, 0.5) is 5.69 Å². The number of thioether (sulfide) groups is 1. The minimum absolute atomic E-state index is 0.864. The highest BCUT2D eigenvalue weighted by atomic mass is 32.2. The quantitative estimate of drug-likeness (QED) is 0.573. The van der Waals surface area contributed by atoms with Crippen LogP contribution in [0.5, 0.6) is 0 Å². The Morgan fingerprint density at radius 3 is 2.67 bits per heavy atom. The van der Waals surface area contributed by atoms with Crippen molar-refractivity contribution >= 4 is 17.4 Å². The van der Waals surface area contributed by atoms with Crippen LogP contribution < -0.4 is 5.73 Å². The first-order valence-corrected chi connectivity index (χ1v) is 5.27. The van der Waals surface area contributed by atoms with Crippen molar-refractivity contribution in [2.45, 2.75) is 25.2 Å². The smallest absolute Gasteiger partial charge is 0.0325 e. The van der Waals surface area contributed by atoms with Gasteiger partial charge in [0, 0.05) is 10.6 Å². The fraction of sp³-hybridized carbons (Fsp3) is 0.400. The Morgan fingerprint density at radius 2 is 2.08 bits per heavy atom. The molecule has 66 valence electrons. The maximum atomic E-state index is 5.70. The number of rotatable bonds is 3. The zero-order valence-corrected chi connectivity index (χ0v) is 8.45. The molecule has 0 aliphatic heterocycles. The Balaban J connectivity index is 2.95. The van der Waals surface area contributed by atoms with Crippen LogP contribution in [0, 0.1) is 0 Å². The molecule has 0 amide bonds. The largest absolute Gasteiger partial charge is 0.399 e. The second-order valence-corrected chi connectivity index (χ2v) is 3.96. The van der Waals surface area contributed by atoms with Gasteiger partial charge in [-0.15, -0.1) is 11.8 Å². The average Bonchev–Trinajstić information content (AvgIpc) is 2.05. The summed E-state index contributed by atoms with van der Waals surface area (Å²) in [5.41, 5.74) is 7.96. The van der Waals surface area contributed by atoms with Crippen molar-refractivity contribution in [2.24, 2.45) is 0 Å². The fourth-order valence-corrected chi connectivity index (χ4v) is 2.08. The van der Waals surface area contributed by atoms with Gasteiger partial charge in [-0.1, -0.05) is 19.9 Å². The van der Waals surface area contributed by atoms with Gasteiger partial charge in [0.2, 0.25) is 0 Å². The molecule has 0 aromatic heterocycles. The molecule has 0 heterocycles. The van der Waals surface area contributed by atoms with Gasteiger partial charge in [-0.2, -0.15) is 0 Å². The minimum Gasteiger partial charge on any atom is -0.399 e. The van der Waals surface area contributed by atoms with Crippen LogP contribution in [0.25, 0.3) is 0 Å². The normalized spacial score (nSPS) is 10.2. The van der Waals surface area contributed by atoms with E-state index in [1.54, 1.807) is 0 Å². The Labute approximate surface area is 78.4 Å². The van der Waals surface area contributed by atoms with E-state index in [1.807, 2.05) is 17.8 Å². The van der Waals surface area contributed by atoms with Crippen molar-refractivity contribution in [3.63, 3.8) is 0 Å². The maximum Gasteiger partial charge on any atom is 0.0325 e. The van der Waals surface area contributed by atoms with Crippen LogP contribution in [-0.2, 0) is 6.42 Å². The van der Waals surface area contributed by atoms with Crippen LogP contribution in [0.1, 0.15) is 19.4 Å². The Morgan fingerprint density at radius 1 is 1.33 bits per heavy atom. The van der Waals surface area contributed by atoms with Gasteiger partial charge in [-0.3, -0.25) is 0 Å². The van der Waals surface area contributed by atoms with Gasteiger partial charge in [-0.05, 0) is 29.9 Å². The van der Waals surface area contributed by atoms with Gasteiger partial charge in [-0.25, -0.2) is 0 Å². The average molecular weight is 181 g/mol. The Hall–Kier alpha value is -0.630.